The smallest absolute Gasteiger partial charge is 0.289 e. The van der Waals surface area contributed by atoms with Crippen LogP contribution in [0.1, 0.15) is 5.56 Å². The highest BCUT2D eigenvalue weighted by atomic mass is 32.2. The first-order chi connectivity index (χ1) is 15.4. The van der Waals surface area contributed by atoms with Gasteiger partial charge in [-0.3, -0.25) is 14.9 Å². The molecule has 0 N–H and O–H groups in total. The summed E-state index contributed by atoms with van der Waals surface area (Å²) in [4.78, 5) is 24.5. The number of nitro benzene ring substituents is 1. The third-order valence-corrected chi connectivity index (χ3v) is 7.23. The number of piperazine rings is 1. The van der Waals surface area contributed by atoms with Gasteiger partial charge in [-0.2, -0.15) is 9.40 Å². The number of para-hydroxylation sites is 2. The SMILES string of the molecule is O=C(Cc1cnn(-c2ccccc2)c1)N1CCN(S(=O)(=O)c2ccccc2[N+](=O)[O-])CC1. The number of rotatable bonds is 6. The Morgan fingerprint density at radius 2 is 1.66 bits per heavy atom. The third-order valence-electron chi connectivity index (χ3n) is 5.28. The van der Waals surface area contributed by atoms with Crippen molar-refractivity contribution in [3.63, 3.8) is 0 Å². The van der Waals surface area contributed by atoms with Crippen LogP contribution in [0.3, 0.4) is 0 Å². The number of hydrogen-bond donors (Lipinski definition) is 0. The van der Waals surface area contributed by atoms with Crippen molar-refractivity contribution in [1.29, 1.82) is 0 Å². The summed E-state index contributed by atoms with van der Waals surface area (Å²) in [5.74, 6) is -0.125. The summed E-state index contributed by atoms with van der Waals surface area (Å²) in [5, 5.41) is 15.5. The van der Waals surface area contributed by atoms with E-state index in [1.54, 1.807) is 22.0 Å². The largest absolute Gasteiger partial charge is 0.340 e. The second-order valence-corrected chi connectivity index (χ2v) is 9.22. The van der Waals surface area contributed by atoms with E-state index in [-0.39, 0.29) is 43.4 Å². The lowest BCUT2D eigenvalue weighted by Crippen LogP contribution is -2.50. The molecule has 11 heteroatoms. The first-order valence-corrected chi connectivity index (χ1v) is 11.4. The Balaban J connectivity index is 1.39. The molecule has 0 bridgehead atoms. The van der Waals surface area contributed by atoms with Gasteiger partial charge in [0.2, 0.25) is 15.9 Å². The van der Waals surface area contributed by atoms with Crippen LogP contribution in [-0.2, 0) is 21.2 Å². The Morgan fingerprint density at radius 1 is 1.00 bits per heavy atom. The fourth-order valence-corrected chi connectivity index (χ4v) is 5.18. The van der Waals surface area contributed by atoms with E-state index < -0.39 is 20.6 Å². The second-order valence-electron chi connectivity index (χ2n) is 7.32. The number of benzene rings is 2. The lowest BCUT2D eigenvalue weighted by atomic mass is 10.2. The zero-order valence-electron chi connectivity index (χ0n) is 17.1. The molecule has 4 rings (SSSR count). The quantitative estimate of drug-likeness (QED) is 0.413. The highest BCUT2D eigenvalue weighted by molar-refractivity contribution is 7.89. The molecule has 1 amide bonds. The summed E-state index contributed by atoms with van der Waals surface area (Å²) in [6.07, 6.45) is 3.59. The molecule has 0 radical (unpaired) electrons. The molecule has 2 aromatic carbocycles. The molecule has 10 nitrogen and oxygen atoms in total. The molecule has 0 unspecified atom stereocenters. The van der Waals surface area contributed by atoms with Gasteiger partial charge >= 0.3 is 0 Å². The van der Waals surface area contributed by atoms with E-state index in [0.29, 0.717) is 0 Å². The van der Waals surface area contributed by atoms with Crippen molar-refractivity contribution in [1.82, 2.24) is 19.0 Å². The van der Waals surface area contributed by atoms with Crippen molar-refractivity contribution in [3.05, 3.63) is 82.7 Å². The first kappa shape index (κ1) is 21.7. The number of sulfonamides is 1. The average Bonchev–Trinajstić information content (AvgIpc) is 3.28. The Kier molecular flexibility index (Phi) is 6.01. The predicted molar refractivity (Wildman–Crippen MR) is 116 cm³/mol. The van der Waals surface area contributed by atoms with Gasteiger partial charge in [0.25, 0.3) is 5.69 Å². The van der Waals surface area contributed by atoms with E-state index >= 15 is 0 Å². The molecule has 0 spiro atoms. The Hall–Kier alpha value is -3.57. The van der Waals surface area contributed by atoms with E-state index in [1.807, 2.05) is 30.3 Å². The summed E-state index contributed by atoms with van der Waals surface area (Å²) in [7, 11) is -4.03. The minimum Gasteiger partial charge on any atom is -0.340 e. The van der Waals surface area contributed by atoms with Gasteiger partial charge in [-0.15, -0.1) is 0 Å². The maximum absolute atomic E-state index is 12.9. The van der Waals surface area contributed by atoms with E-state index in [4.69, 9.17) is 0 Å². The fourth-order valence-electron chi connectivity index (χ4n) is 3.60. The highest BCUT2D eigenvalue weighted by Gasteiger charge is 2.34. The van der Waals surface area contributed by atoms with Gasteiger partial charge in [0, 0.05) is 38.4 Å². The van der Waals surface area contributed by atoms with Crippen LogP contribution in [0.25, 0.3) is 5.69 Å². The van der Waals surface area contributed by atoms with E-state index in [2.05, 4.69) is 5.10 Å². The summed E-state index contributed by atoms with van der Waals surface area (Å²) in [5.41, 5.74) is 1.19. The molecule has 32 heavy (non-hydrogen) atoms. The normalized spacial score (nSPS) is 14.9. The highest BCUT2D eigenvalue weighted by Crippen LogP contribution is 2.27. The lowest BCUT2D eigenvalue weighted by Gasteiger charge is -2.33. The number of carbonyl (C=O) groups excluding carboxylic acids is 1. The molecule has 166 valence electrons. The Bertz CT molecular complexity index is 1230. The monoisotopic (exact) mass is 455 g/mol. The van der Waals surface area contributed by atoms with Gasteiger partial charge in [-0.25, -0.2) is 13.1 Å². The minimum atomic E-state index is -4.03. The van der Waals surface area contributed by atoms with Gasteiger partial charge in [-0.1, -0.05) is 30.3 Å². The lowest BCUT2D eigenvalue weighted by molar-refractivity contribution is -0.387. The van der Waals surface area contributed by atoms with E-state index in [9.17, 15) is 23.3 Å². The number of amides is 1. The molecule has 1 saturated heterocycles. The number of nitro groups is 1. The van der Waals surface area contributed by atoms with Crippen molar-refractivity contribution >= 4 is 21.6 Å². The second kappa shape index (κ2) is 8.89. The summed E-state index contributed by atoms with van der Waals surface area (Å²) >= 11 is 0. The van der Waals surface area contributed by atoms with Crippen LogP contribution in [0.5, 0.6) is 0 Å². The van der Waals surface area contributed by atoms with E-state index in [1.165, 1.54) is 28.6 Å². The zero-order chi connectivity index (χ0) is 22.7. The molecule has 0 aliphatic carbocycles. The molecule has 3 aromatic rings. The van der Waals surface area contributed by atoms with Gasteiger partial charge < -0.3 is 4.90 Å². The fraction of sp³-hybridized carbons (Fsp3) is 0.238. The molecule has 1 aliphatic rings. The Morgan fingerprint density at radius 3 is 2.34 bits per heavy atom. The van der Waals surface area contributed by atoms with Crippen LogP contribution in [0, 0.1) is 10.1 Å². The topological polar surface area (TPSA) is 119 Å². The van der Waals surface area contributed by atoms with Crippen molar-refractivity contribution < 1.29 is 18.1 Å². The molecule has 1 aliphatic heterocycles. The van der Waals surface area contributed by atoms with Crippen LogP contribution in [0.2, 0.25) is 0 Å². The van der Waals surface area contributed by atoms with Crippen LogP contribution in [-0.4, -0.2) is 64.4 Å². The van der Waals surface area contributed by atoms with Gasteiger partial charge in [0.05, 0.1) is 23.2 Å². The minimum absolute atomic E-state index is 0.0728. The van der Waals surface area contributed by atoms with Gasteiger partial charge in [0.15, 0.2) is 4.90 Å². The van der Waals surface area contributed by atoms with Gasteiger partial charge in [0.1, 0.15) is 0 Å². The maximum Gasteiger partial charge on any atom is 0.289 e. The molecular formula is C21H21N5O5S. The first-order valence-electron chi connectivity index (χ1n) is 9.96. The van der Waals surface area contributed by atoms with Crippen LogP contribution in [0.4, 0.5) is 5.69 Å². The summed E-state index contributed by atoms with van der Waals surface area (Å²) in [6, 6.07) is 14.8. The van der Waals surface area contributed by atoms with Gasteiger partial charge in [-0.05, 0) is 23.8 Å². The summed E-state index contributed by atoms with van der Waals surface area (Å²) < 4.78 is 28.7. The van der Waals surface area contributed by atoms with Crippen molar-refractivity contribution in [2.75, 3.05) is 26.2 Å². The average molecular weight is 455 g/mol. The summed E-state index contributed by atoms with van der Waals surface area (Å²) in [6.45, 7) is 0.573. The van der Waals surface area contributed by atoms with E-state index in [0.717, 1.165) is 11.3 Å². The number of nitrogens with zero attached hydrogens (tertiary/aromatic N) is 5. The zero-order valence-corrected chi connectivity index (χ0v) is 17.9. The molecule has 0 atom stereocenters. The Labute approximate surface area is 184 Å². The number of carbonyl (C=O) groups is 1. The van der Waals surface area contributed by atoms with Crippen molar-refractivity contribution in [2.45, 2.75) is 11.3 Å². The van der Waals surface area contributed by atoms with Crippen molar-refractivity contribution in [2.24, 2.45) is 0 Å². The van der Waals surface area contributed by atoms with Crippen molar-refractivity contribution in [3.8, 4) is 5.69 Å². The number of aromatic nitrogens is 2. The number of hydrogen-bond acceptors (Lipinski definition) is 6. The standard InChI is InChI=1S/C21H21N5O5S/c27-21(14-17-15-22-25(16-17)18-6-2-1-3-7-18)23-10-12-24(13-11-23)32(30,31)20-9-5-4-8-19(20)26(28)29/h1-9,15-16H,10-14H2. The molecular weight excluding hydrogens is 434 g/mol. The van der Waals surface area contributed by atoms with Crippen LogP contribution in [0.15, 0.2) is 71.9 Å². The van der Waals surface area contributed by atoms with Crippen LogP contribution >= 0.6 is 0 Å². The molecule has 1 aromatic heterocycles. The third kappa shape index (κ3) is 4.39. The predicted octanol–water partition coefficient (Wildman–Crippen LogP) is 1.86. The molecule has 2 heterocycles. The molecule has 0 saturated carbocycles. The maximum atomic E-state index is 12.9. The van der Waals surface area contributed by atoms with Crippen LogP contribution < -0.4 is 0 Å². The molecule has 1 fully saturated rings.